The number of carboxylic acids is 1. The van der Waals surface area contributed by atoms with Crippen LogP contribution < -0.4 is 5.73 Å². The fraction of sp³-hybridized carbons (Fsp3) is 0.476. The minimum absolute atomic E-state index is 0.0419. The largest absolute Gasteiger partial charge is 0.481 e. The van der Waals surface area contributed by atoms with Crippen molar-refractivity contribution in [2.75, 3.05) is 13.7 Å². The van der Waals surface area contributed by atoms with Gasteiger partial charge in [-0.2, -0.15) is 0 Å². The number of nitrogens with two attached hydrogens (primary N) is 1. The second kappa shape index (κ2) is 8.75. The van der Waals surface area contributed by atoms with E-state index in [0.29, 0.717) is 25.4 Å². The maximum atomic E-state index is 12.6. The molecular formula is C21H27N3O5. The van der Waals surface area contributed by atoms with Gasteiger partial charge in [0.05, 0.1) is 12.1 Å². The first-order chi connectivity index (χ1) is 13.8. The van der Waals surface area contributed by atoms with Gasteiger partial charge in [-0.3, -0.25) is 9.59 Å². The van der Waals surface area contributed by atoms with Gasteiger partial charge < -0.3 is 24.9 Å². The van der Waals surface area contributed by atoms with Crippen LogP contribution in [-0.4, -0.2) is 46.1 Å². The van der Waals surface area contributed by atoms with E-state index in [4.69, 9.17) is 24.8 Å². The van der Waals surface area contributed by atoms with E-state index in [1.807, 2.05) is 35.2 Å². The molecule has 3 N–H and O–H groups in total. The Kier molecular flexibility index (Phi) is 6.34. The van der Waals surface area contributed by atoms with Crippen LogP contribution in [0, 0.1) is 0 Å². The number of rotatable bonds is 4. The van der Waals surface area contributed by atoms with E-state index in [9.17, 15) is 4.79 Å². The number of fused-ring (bicyclic) bond motifs is 1. The molecule has 2 aliphatic rings. The van der Waals surface area contributed by atoms with E-state index in [2.05, 4.69) is 4.98 Å². The molecule has 1 unspecified atom stereocenters. The van der Waals surface area contributed by atoms with Gasteiger partial charge in [0, 0.05) is 27.0 Å². The highest BCUT2D eigenvalue weighted by Gasteiger charge is 2.43. The third-order valence-corrected chi connectivity index (χ3v) is 5.27. The number of oxazole rings is 1. The molecule has 29 heavy (non-hydrogen) atoms. The summed E-state index contributed by atoms with van der Waals surface area (Å²) < 4.78 is 11.6. The Balaban J connectivity index is 0.000000552. The maximum Gasteiger partial charge on any atom is 0.300 e. The first-order valence-corrected chi connectivity index (χ1v) is 9.68. The van der Waals surface area contributed by atoms with Crippen LogP contribution in [0.1, 0.15) is 55.2 Å². The monoisotopic (exact) mass is 401 g/mol. The van der Waals surface area contributed by atoms with Crippen LogP contribution in [0.4, 0.5) is 0 Å². The lowest BCUT2D eigenvalue weighted by Gasteiger charge is -2.41. The number of carbonyl (C=O) groups is 2. The van der Waals surface area contributed by atoms with Gasteiger partial charge in [0.15, 0.2) is 6.10 Å². The lowest BCUT2D eigenvalue weighted by Crippen LogP contribution is -2.60. The lowest BCUT2D eigenvalue weighted by atomic mass is 9.76. The molecule has 1 amide bonds. The average molecular weight is 401 g/mol. The molecule has 156 valence electrons. The summed E-state index contributed by atoms with van der Waals surface area (Å²) in [5, 5.41) is 7.42. The van der Waals surface area contributed by atoms with Gasteiger partial charge in [-0.25, -0.2) is 4.98 Å². The summed E-state index contributed by atoms with van der Waals surface area (Å²) in [4.78, 5) is 28.1. The second-order valence-corrected chi connectivity index (χ2v) is 7.45. The van der Waals surface area contributed by atoms with E-state index in [-0.39, 0.29) is 12.0 Å². The molecule has 1 fully saturated rings. The predicted octanol–water partition coefficient (Wildman–Crippen LogP) is 2.27. The van der Waals surface area contributed by atoms with E-state index < -0.39 is 11.5 Å². The first kappa shape index (κ1) is 21.0. The fourth-order valence-electron chi connectivity index (χ4n) is 3.60. The van der Waals surface area contributed by atoms with Gasteiger partial charge in [-0.05, 0) is 24.8 Å². The summed E-state index contributed by atoms with van der Waals surface area (Å²) in [6.07, 6.45) is 2.90. The first-order valence-electron chi connectivity index (χ1n) is 9.68. The second-order valence-electron chi connectivity index (χ2n) is 7.45. The Morgan fingerprint density at radius 2 is 1.97 bits per heavy atom. The third kappa shape index (κ3) is 4.65. The molecule has 2 aromatic rings. The molecule has 0 saturated heterocycles. The third-order valence-electron chi connectivity index (χ3n) is 5.27. The predicted molar refractivity (Wildman–Crippen MR) is 105 cm³/mol. The number of methoxy groups -OCH3 is 1. The molecule has 2 heterocycles. The minimum Gasteiger partial charge on any atom is -0.481 e. The summed E-state index contributed by atoms with van der Waals surface area (Å²) in [6, 6.07) is 9.86. The number of hydrogen-bond donors (Lipinski definition) is 2. The molecule has 1 aliphatic carbocycles. The van der Waals surface area contributed by atoms with Gasteiger partial charge in [0.25, 0.3) is 5.97 Å². The van der Waals surface area contributed by atoms with E-state index >= 15 is 0 Å². The average Bonchev–Trinajstić information content (AvgIpc) is 3.09. The summed E-state index contributed by atoms with van der Waals surface area (Å²) in [5.74, 6) is 0.594. The van der Waals surface area contributed by atoms with Crippen LogP contribution in [0.5, 0.6) is 0 Å². The Hall–Kier alpha value is -2.71. The molecule has 0 bridgehead atoms. The molecule has 0 radical (unpaired) electrons. The number of benzene rings is 1. The number of hydrogen-bond acceptors (Lipinski definition) is 6. The molecular weight excluding hydrogens is 374 g/mol. The van der Waals surface area contributed by atoms with Crippen LogP contribution in [0.3, 0.4) is 0 Å². The summed E-state index contributed by atoms with van der Waals surface area (Å²) in [5.41, 5.74) is 7.34. The van der Waals surface area contributed by atoms with E-state index in [0.717, 1.165) is 43.2 Å². The number of ether oxygens (including phenoxy) is 1. The summed E-state index contributed by atoms with van der Waals surface area (Å²) in [6.45, 7) is 2.17. The minimum atomic E-state index is -0.833. The number of amides is 1. The highest BCUT2D eigenvalue weighted by molar-refractivity contribution is 5.87. The zero-order valence-corrected chi connectivity index (χ0v) is 16.8. The number of carboxylic acid groups (broad SMARTS) is 1. The van der Waals surface area contributed by atoms with E-state index in [1.54, 1.807) is 7.11 Å². The number of nitrogens with zero attached hydrogens (tertiary/aromatic N) is 2. The molecule has 0 spiro atoms. The van der Waals surface area contributed by atoms with E-state index in [1.165, 1.54) is 0 Å². The zero-order valence-electron chi connectivity index (χ0n) is 16.8. The van der Waals surface area contributed by atoms with Crippen LogP contribution >= 0.6 is 0 Å². The Morgan fingerprint density at radius 1 is 1.31 bits per heavy atom. The van der Waals surface area contributed by atoms with Crippen molar-refractivity contribution in [3.8, 4) is 0 Å². The van der Waals surface area contributed by atoms with Crippen molar-refractivity contribution in [3.05, 3.63) is 53.2 Å². The van der Waals surface area contributed by atoms with Crippen molar-refractivity contribution in [2.24, 2.45) is 5.73 Å². The molecule has 8 nitrogen and oxygen atoms in total. The van der Waals surface area contributed by atoms with Crippen molar-refractivity contribution in [1.82, 2.24) is 9.88 Å². The normalized spacial score (nSPS) is 18.0. The number of aromatic nitrogens is 1. The van der Waals surface area contributed by atoms with Crippen molar-refractivity contribution in [1.29, 1.82) is 0 Å². The fourth-order valence-corrected chi connectivity index (χ4v) is 3.60. The van der Waals surface area contributed by atoms with Crippen LogP contribution in [-0.2, 0) is 27.3 Å². The molecule has 8 heteroatoms. The maximum absolute atomic E-state index is 12.6. The van der Waals surface area contributed by atoms with Gasteiger partial charge in [-0.1, -0.05) is 30.3 Å². The van der Waals surface area contributed by atoms with Crippen molar-refractivity contribution in [2.45, 2.75) is 50.8 Å². The van der Waals surface area contributed by atoms with Crippen LogP contribution in [0.2, 0.25) is 0 Å². The topological polar surface area (TPSA) is 119 Å². The quantitative estimate of drug-likeness (QED) is 0.806. The molecule has 1 atom stereocenters. The SMILES string of the molecule is CC(=O)O.COC(c1ccccc1)c1nc2c(o1)CCN(C(=O)C1(N)CCC1)C2. The van der Waals surface area contributed by atoms with Crippen molar-refractivity contribution in [3.63, 3.8) is 0 Å². The summed E-state index contributed by atoms with van der Waals surface area (Å²) >= 11 is 0. The zero-order chi connectivity index (χ0) is 21.0. The van der Waals surface area contributed by atoms with Gasteiger partial charge >= 0.3 is 0 Å². The Labute approximate surface area is 169 Å². The van der Waals surface area contributed by atoms with Crippen LogP contribution in [0.25, 0.3) is 0 Å². The number of carbonyl (C=O) groups excluding carboxylic acids is 1. The highest BCUT2D eigenvalue weighted by atomic mass is 16.5. The Bertz CT molecular complexity index is 856. The smallest absolute Gasteiger partial charge is 0.300 e. The van der Waals surface area contributed by atoms with Gasteiger partial charge in [0.2, 0.25) is 11.8 Å². The summed E-state index contributed by atoms with van der Waals surface area (Å²) in [7, 11) is 1.64. The molecule has 1 aromatic heterocycles. The molecule has 4 rings (SSSR count). The number of aliphatic carboxylic acids is 1. The molecule has 1 aromatic carbocycles. The van der Waals surface area contributed by atoms with Crippen molar-refractivity contribution >= 4 is 11.9 Å². The van der Waals surface area contributed by atoms with Gasteiger partial charge in [-0.15, -0.1) is 0 Å². The van der Waals surface area contributed by atoms with Gasteiger partial charge in [0.1, 0.15) is 11.5 Å². The highest BCUT2D eigenvalue weighted by Crippen LogP contribution is 2.33. The van der Waals surface area contributed by atoms with Crippen LogP contribution in [0.15, 0.2) is 34.7 Å². The Morgan fingerprint density at radius 3 is 2.52 bits per heavy atom. The standard InChI is InChI=1S/C19H23N3O3.C2H4O2/c1-24-16(13-6-3-2-4-7-13)17-21-14-12-22(11-8-15(14)25-17)18(23)19(20)9-5-10-19;1-2(3)4/h2-4,6-7,16H,5,8-12,20H2,1H3;1H3,(H,3,4). The lowest BCUT2D eigenvalue weighted by molar-refractivity contribution is -0.141. The molecule has 1 aliphatic heterocycles. The van der Waals surface area contributed by atoms with Crippen molar-refractivity contribution < 1.29 is 23.8 Å². The molecule has 1 saturated carbocycles.